The lowest BCUT2D eigenvalue weighted by atomic mass is 9.95. The van der Waals surface area contributed by atoms with Gasteiger partial charge in [0.25, 0.3) is 0 Å². The zero-order valence-electron chi connectivity index (χ0n) is 11.1. The third kappa shape index (κ3) is 2.86. The molecule has 0 spiro atoms. The lowest BCUT2D eigenvalue weighted by Gasteiger charge is -2.13. The van der Waals surface area contributed by atoms with E-state index in [-0.39, 0.29) is 0 Å². The molecule has 0 heterocycles. The van der Waals surface area contributed by atoms with E-state index in [9.17, 15) is 0 Å². The number of hydrogen-bond acceptors (Lipinski definition) is 2. The van der Waals surface area contributed by atoms with E-state index < -0.39 is 0 Å². The van der Waals surface area contributed by atoms with E-state index in [1.165, 1.54) is 29.8 Å². The van der Waals surface area contributed by atoms with Crippen molar-refractivity contribution in [1.29, 1.82) is 0 Å². The summed E-state index contributed by atoms with van der Waals surface area (Å²) in [7, 11) is 0. The number of hydrogen-bond donors (Lipinski definition) is 1. The fourth-order valence-corrected chi connectivity index (χ4v) is 2.94. The third-order valence-electron chi connectivity index (χ3n) is 3.98. The van der Waals surface area contributed by atoms with E-state index in [2.05, 4.69) is 49.7 Å². The summed E-state index contributed by atoms with van der Waals surface area (Å²) in [5, 5.41) is 3.54. The Labute approximate surface area is 109 Å². The van der Waals surface area contributed by atoms with Crippen molar-refractivity contribution >= 4 is 11.8 Å². The normalized spacial score (nSPS) is 27.1. The molecule has 0 bridgehead atoms. The van der Waals surface area contributed by atoms with Gasteiger partial charge in [-0.1, -0.05) is 26.0 Å². The minimum Gasteiger partial charge on any atom is -0.316 e. The third-order valence-corrected chi connectivity index (χ3v) is 4.72. The number of benzene rings is 1. The highest BCUT2D eigenvalue weighted by Crippen LogP contribution is 2.53. The fraction of sp³-hybridized carbons (Fsp3) is 0.600. The quantitative estimate of drug-likeness (QED) is 0.609. The van der Waals surface area contributed by atoms with Crippen LogP contribution >= 0.6 is 11.8 Å². The summed E-state index contributed by atoms with van der Waals surface area (Å²) in [5.41, 5.74) is 1.94. The van der Waals surface area contributed by atoms with Gasteiger partial charge in [-0.2, -0.15) is 0 Å². The molecule has 1 aliphatic carbocycles. The van der Waals surface area contributed by atoms with Crippen LogP contribution in [0.25, 0.3) is 0 Å². The predicted octanol–water partition coefficient (Wildman–Crippen LogP) is 3.69. The van der Waals surface area contributed by atoms with E-state index in [0.29, 0.717) is 5.41 Å². The van der Waals surface area contributed by atoms with Crippen molar-refractivity contribution in [2.24, 2.45) is 5.92 Å². The van der Waals surface area contributed by atoms with Gasteiger partial charge in [-0.05, 0) is 61.2 Å². The standard InChI is InChI=1S/C15H23NS/c1-4-9-16-11-13-10-15(13,2)12-5-7-14(17-3)8-6-12/h5-8,13,16H,4,9-11H2,1-3H3. The molecule has 0 saturated heterocycles. The Hall–Kier alpha value is -0.470. The van der Waals surface area contributed by atoms with Gasteiger partial charge < -0.3 is 5.32 Å². The molecule has 2 unspecified atom stereocenters. The molecule has 2 atom stereocenters. The van der Waals surface area contributed by atoms with Crippen LogP contribution in [0.3, 0.4) is 0 Å². The molecule has 2 heteroatoms. The molecular weight excluding hydrogens is 226 g/mol. The molecule has 1 N–H and O–H groups in total. The Balaban J connectivity index is 1.93. The lowest BCUT2D eigenvalue weighted by molar-refractivity contribution is 0.575. The Morgan fingerprint density at radius 1 is 1.35 bits per heavy atom. The molecule has 2 rings (SSSR count). The van der Waals surface area contributed by atoms with Gasteiger partial charge >= 0.3 is 0 Å². The van der Waals surface area contributed by atoms with Gasteiger partial charge in [0.05, 0.1) is 0 Å². The highest BCUT2D eigenvalue weighted by molar-refractivity contribution is 7.98. The summed E-state index contributed by atoms with van der Waals surface area (Å²) >= 11 is 1.81. The van der Waals surface area contributed by atoms with Crippen LogP contribution in [0.5, 0.6) is 0 Å². The molecule has 0 amide bonds. The van der Waals surface area contributed by atoms with Crippen LogP contribution in [0.1, 0.15) is 32.3 Å². The van der Waals surface area contributed by atoms with E-state index in [1.807, 2.05) is 11.8 Å². The minimum absolute atomic E-state index is 0.428. The number of thioether (sulfide) groups is 1. The molecular formula is C15H23NS. The van der Waals surface area contributed by atoms with Crippen LogP contribution in [0.15, 0.2) is 29.2 Å². The summed E-state index contributed by atoms with van der Waals surface area (Å²) in [6.45, 7) is 6.95. The second kappa shape index (κ2) is 5.45. The molecule has 0 radical (unpaired) electrons. The first-order valence-electron chi connectivity index (χ1n) is 6.56. The second-order valence-electron chi connectivity index (χ2n) is 5.25. The summed E-state index contributed by atoms with van der Waals surface area (Å²) in [6.07, 6.45) is 4.69. The molecule has 17 heavy (non-hydrogen) atoms. The molecule has 1 aromatic carbocycles. The average molecular weight is 249 g/mol. The molecule has 1 saturated carbocycles. The topological polar surface area (TPSA) is 12.0 Å². The van der Waals surface area contributed by atoms with Crippen LogP contribution in [-0.2, 0) is 5.41 Å². The smallest absolute Gasteiger partial charge is 0.00693 e. The van der Waals surface area contributed by atoms with Crippen molar-refractivity contribution in [3.05, 3.63) is 29.8 Å². The van der Waals surface area contributed by atoms with E-state index >= 15 is 0 Å². The van der Waals surface area contributed by atoms with E-state index in [4.69, 9.17) is 0 Å². The SMILES string of the molecule is CCCNCC1CC1(C)c1ccc(SC)cc1. The maximum Gasteiger partial charge on any atom is 0.00693 e. The monoisotopic (exact) mass is 249 g/mol. The minimum atomic E-state index is 0.428. The molecule has 0 aromatic heterocycles. The van der Waals surface area contributed by atoms with Crippen molar-refractivity contribution in [2.75, 3.05) is 19.3 Å². The van der Waals surface area contributed by atoms with Gasteiger partial charge in [0, 0.05) is 4.90 Å². The van der Waals surface area contributed by atoms with E-state index in [1.54, 1.807) is 0 Å². The van der Waals surface area contributed by atoms with Crippen molar-refractivity contribution < 1.29 is 0 Å². The van der Waals surface area contributed by atoms with Gasteiger partial charge in [0.1, 0.15) is 0 Å². The molecule has 1 fully saturated rings. The second-order valence-corrected chi connectivity index (χ2v) is 6.13. The molecule has 1 nitrogen and oxygen atoms in total. The lowest BCUT2D eigenvalue weighted by Crippen LogP contribution is -2.20. The summed E-state index contributed by atoms with van der Waals surface area (Å²) in [5.74, 6) is 0.828. The molecule has 94 valence electrons. The van der Waals surface area contributed by atoms with Crippen molar-refractivity contribution in [3.8, 4) is 0 Å². The van der Waals surface area contributed by atoms with Gasteiger partial charge in [-0.25, -0.2) is 0 Å². The average Bonchev–Trinajstić information content (AvgIpc) is 3.02. The van der Waals surface area contributed by atoms with Crippen LogP contribution in [-0.4, -0.2) is 19.3 Å². The van der Waals surface area contributed by atoms with Gasteiger partial charge in [-0.15, -0.1) is 11.8 Å². The van der Waals surface area contributed by atoms with Crippen LogP contribution in [0, 0.1) is 5.92 Å². The largest absolute Gasteiger partial charge is 0.316 e. The zero-order valence-corrected chi connectivity index (χ0v) is 11.9. The van der Waals surface area contributed by atoms with Crippen molar-refractivity contribution in [2.45, 2.75) is 37.0 Å². The van der Waals surface area contributed by atoms with Crippen molar-refractivity contribution in [3.63, 3.8) is 0 Å². The van der Waals surface area contributed by atoms with Crippen LogP contribution in [0.2, 0.25) is 0 Å². The Bertz CT molecular complexity index is 360. The summed E-state index contributed by atoms with van der Waals surface area (Å²) < 4.78 is 0. The van der Waals surface area contributed by atoms with Crippen LogP contribution in [0.4, 0.5) is 0 Å². The van der Waals surface area contributed by atoms with Gasteiger partial charge in [-0.3, -0.25) is 0 Å². The fourth-order valence-electron chi connectivity index (χ4n) is 2.53. The maximum atomic E-state index is 3.54. The first kappa shape index (κ1) is 13.0. The predicted molar refractivity (Wildman–Crippen MR) is 76.8 cm³/mol. The first-order chi connectivity index (χ1) is 8.20. The number of rotatable bonds is 6. The summed E-state index contributed by atoms with van der Waals surface area (Å²) in [4.78, 5) is 1.36. The zero-order chi connectivity index (χ0) is 12.3. The van der Waals surface area contributed by atoms with Crippen molar-refractivity contribution in [1.82, 2.24) is 5.32 Å². The summed E-state index contributed by atoms with van der Waals surface area (Å²) in [6, 6.07) is 9.12. The molecule has 1 aromatic rings. The molecule has 1 aliphatic rings. The Morgan fingerprint density at radius 3 is 2.65 bits per heavy atom. The van der Waals surface area contributed by atoms with E-state index in [0.717, 1.165) is 12.5 Å². The molecule has 0 aliphatic heterocycles. The highest BCUT2D eigenvalue weighted by Gasteiger charge is 2.50. The Morgan fingerprint density at radius 2 is 2.06 bits per heavy atom. The van der Waals surface area contributed by atoms with Crippen LogP contribution < -0.4 is 5.32 Å². The first-order valence-corrected chi connectivity index (χ1v) is 7.78. The van der Waals surface area contributed by atoms with Gasteiger partial charge in [0.2, 0.25) is 0 Å². The Kier molecular flexibility index (Phi) is 4.16. The highest BCUT2D eigenvalue weighted by atomic mass is 32.2. The maximum absolute atomic E-state index is 3.54. The number of nitrogens with one attached hydrogen (secondary N) is 1. The van der Waals surface area contributed by atoms with Gasteiger partial charge in [0.15, 0.2) is 0 Å².